The van der Waals surface area contributed by atoms with Crippen molar-refractivity contribution >= 4 is 36.1 Å². The molecular weight excluding hydrogens is 428 g/mol. The van der Waals surface area contributed by atoms with Crippen LogP contribution < -0.4 is 21.7 Å². The zero-order valence-corrected chi connectivity index (χ0v) is 18.5. The van der Waals surface area contributed by atoms with Crippen LogP contribution >= 0.6 is 12.6 Å². The van der Waals surface area contributed by atoms with Crippen LogP contribution in [0.2, 0.25) is 0 Å². The van der Waals surface area contributed by atoms with Crippen LogP contribution in [-0.2, 0) is 9.59 Å². The van der Waals surface area contributed by atoms with Crippen molar-refractivity contribution in [3.8, 4) is 11.1 Å². The summed E-state index contributed by atoms with van der Waals surface area (Å²) in [4.78, 5) is 35.8. The van der Waals surface area contributed by atoms with Crippen molar-refractivity contribution in [1.29, 1.82) is 0 Å². The molecule has 1 aliphatic rings. The lowest BCUT2D eigenvalue weighted by Crippen LogP contribution is -2.41. The van der Waals surface area contributed by atoms with Crippen molar-refractivity contribution in [2.24, 2.45) is 5.73 Å². The second-order valence-electron chi connectivity index (χ2n) is 7.79. The molecule has 1 saturated heterocycles. The molecule has 0 aromatic heterocycles. The fourth-order valence-corrected chi connectivity index (χ4v) is 4.02. The third kappa shape index (κ3) is 6.24. The standard InChI is InChI=1S/C23H28N4O4S/c24-21(28)9-8-18(23(30)31)27-22(29)17-12-15(26-13-19-20(32)10-11-25-19)6-7-16(17)14-4-2-1-3-5-14/h1-7,12,18-20,25-26,32H,8-11,13H2,(H2,24,28)(H,27,29)(H,30,31)/t18-,19+,20+/m0/s1. The maximum Gasteiger partial charge on any atom is 0.326 e. The molecule has 32 heavy (non-hydrogen) atoms. The summed E-state index contributed by atoms with van der Waals surface area (Å²) in [7, 11) is 0. The Morgan fingerprint density at radius 1 is 1.19 bits per heavy atom. The number of primary amides is 1. The zero-order chi connectivity index (χ0) is 23.1. The predicted molar refractivity (Wildman–Crippen MR) is 127 cm³/mol. The molecule has 0 aliphatic carbocycles. The summed E-state index contributed by atoms with van der Waals surface area (Å²) >= 11 is 4.59. The van der Waals surface area contributed by atoms with E-state index in [1.807, 2.05) is 42.5 Å². The first-order valence-corrected chi connectivity index (χ1v) is 11.0. The average Bonchev–Trinajstić information content (AvgIpc) is 3.19. The van der Waals surface area contributed by atoms with Gasteiger partial charge in [-0.15, -0.1) is 0 Å². The Morgan fingerprint density at radius 2 is 1.94 bits per heavy atom. The molecule has 3 rings (SSSR count). The molecule has 2 aromatic carbocycles. The molecule has 2 amide bonds. The number of hydrogen-bond acceptors (Lipinski definition) is 6. The van der Waals surface area contributed by atoms with Crippen molar-refractivity contribution in [1.82, 2.24) is 10.6 Å². The maximum atomic E-state index is 13.1. The number of carbonyl (C=O) groups is 3. The minimum atomic E-state index is -1.22. The maximum absolute atomic E-state index is 13.1. The van der Waals surface area contributed by atoms with E-state index in [1.165, 1.54) is 0 Å². The zero-order valence-electron chi connectivity index (χ0n) is 17.6. The highest BCUT2D eigenvalue weighted by Gasteiger charge is 2.25. The van der Waals surface area contributed by atoms with E-state index in [9.17, 15) is 19.5 Å². The predicted octanol–water partition coefficient (Wildman–Crippen LogP) is 1.87. The normalized spacial score (nSPS) is 18.7. The van der Waals surface area contributed by atoms with Crippen LogP contribution in [0.4, 0.5) is 5.69 Å². The summed E-state index contributed by atoms with van der Waals surface area (Å²) in [6, 6.07) is 13.8. The van der Waals surface area contributed by atoms with E-state index in [0.29, 0.717) is 17.7 Å². The van der Waals surface area contributed by atoms with Gasteiger partial charge in [-0.05, 0) is 42.6 Å². The van der Waals surface area contributed by atoms with Gasteiger partial charge in [-0.3, -0.25) is 9.59 Å². The summed E-state index contributed by atoms with van der Waals surface area (Å²) < 4.78 is 0. The van der Waals surface area contributed by atoms with Gasteiger partial charge in [0.05, 0.1) is 0 Å². The van der Waals surface area contributed by atoms with Gasteiger partial charge in [0, 0.05) is 35.5 Å². The molecule has 8 nitrogen and oxygen atoms in total. The number of benzene rings is 2. The molecule has 170 valence electrons. The molecule has 1 aliphatic heterocycles. The summed E-state index contributed by atoms with van der Waals surface area (Å²) in [5.74, 6) is -2.37. The molecule has 3 atom stereocenters. The second kappa shape index (κ2) is 11.0. The van der Waals surface area contributed by atoms with Crippen LogP contribution in [0.15, 0.2) is 48.5 Å². The molecule has 6 N–H and O–H groups in total. The fourth-order valence-electron chi connectivity index (χ4n) is 3.68. The van der Waals surface area contributed by atoms with Crippen LogP contribution in [0.3, 0.4) is 0 Å². The molecular formula is C23H28N4O4S. The van der Waals surface area contributed by atoms with E-state index in [0.717, 1.165) is 24.2 Å². The monoisotopic (exact) mass is 456 g/mol. The number of anilines is 1. The van der Waals surface area contributed by atoms with Crippen molar-refractivity contribution in [3.05, 3.63) is 54.1 Å². The van der Waals surface area contributed by atoms with Crippen molar-refractivity contribution < 1.29 is 19.5 Å². The molecule has 0 radical (unpaired) electrons. The first-order valence-electron chi connectivity index (χ1n) is 10.5. The van der Waals surface area contributed by atoms with Crippen LogP contribution in [0.1, 0.15) is 29.6 Å². The number of hydrogen-bond donors (Lipinski definition) is 6. The lowest BCUT2D eigenvalue weighted by molar-refractivity contribution is -0.139. The molecule has 0 bridgehead atoms. The Labute approximate surface area is 192 Å². The van der Waals surface area contributed by atoms with Gasteiger partial charge >= 0.3 is 5.97 Å². The Balaban J connectivity index is 1.84. The third-order valence-electron chi connectivity index (χ3n) is 5.47. The van der Waals surface area contributed by atoms with E-state index in [2.05, 4.69) is 28.6 Å². The molecule has 0 unspecified atom stereocenters. The van der Waals surface area contributed by atoms with Crippen molar-refractivity contribution in [3.63, 3.8) is 0 Å². The Bertz CT molecular complexity index is 970. The van der Waals surface area contributed by atoms with Crippen LogP contribution in [0.25, 0.3) is 11.1 Å². The van der Waals surface area contributed by atoms with Gasteiger partial charge in [-0.1, -0.05) is 36.4 Å². The summed E-state index contributed by atoms with van der Waals surface area (Å²) in [6.45, 7) is 1.57. The minimum absolute atomic E-state index is 0.0777. The van der Waals surface area contributed by atoms with Crippen LogP contribution in [0.5, 0.6) is 0 Å². The van der Waals surface area contributed by atoms with Gasteiger partial charge in [-0.25, -0.2) is 4.79 Å². The third-order valence-corrected chi connectivity index (χ3v) is 6.09. The number of nitrogens with one attached hydrogen (secondary N) is 3. The molecule has 1 heterocycles. The molecule has 0 saturated carbocycles. The molecule has 9 heteroatoms. The van der Waals surface area contributed by atoms with Gasteiger partial charge in [0.15, 0.2) is 0 Å². The highest BCUT2D eigenvalue weighted by atomic mass is 32.1. The summed E-state index contributed by atoms with van der Waals surface area (Å²) in [5, 5.41) is 19.0. The van der Waals surface area contributed by atoms with Gasteiger partial charge in [0.2, 0.25) is 5.91 Å². The highest BCUT2D eigenvalue weighted by Crippen LogP contribution is 2.27. The second-order valence-corrected chi connectivity index (χ2v) is 8.46. The van der Waals surface area contributed by atoms with E-state index < -0.39 is 23.8 Å². The fraction of sp³-hybridized carbons (Fsp3) is 0.348. The molecule has 2 aromatic rings. The summed E-state index contributed by atoms with van der Waals surface area (Å²) in [5.41, 5.74) is 7.73. The quantitative estimate of drug-likeness (QED) is 0.302. The number of carboxylic acid groups (broad SMARTS) is 1. The molecule has 0 spiro atoms. The van der Waals surface area contributed by atoms with E-state index in [1.54, 1.807) is 6.07 Å². The lowest BCUT2D eigenvalue weighted by Gasteiger charge is -2.19. The first-order chi connectivity index (χ1) is 15.3. The van der Waals surface area contributed by atoms with Crippen LogP contribution in [-0.4, -0.2) is 53.3 Å². The number of nitrogens with two attached hydrogens (primary N) is 1. The Hall–Kier alpha value is -3.04. The smallest absolute Gasteiger partial charge is 0.326 e. The van der Waals surface area contributed by atoms with Gasteiger partial charge in [0.1, 0.15) is 6.04 Å². The minimum Gasteiger partial charge on any atom is -0.480 e. The molecule has 1 fully saturated rings. The van der Waals surface area contributed by atoms with E-state index in [4.69, 9.17) is 5.73 Å². The van der Waals surface area contributed by atoms with Gasteiger partial charge < -0.3 is 26.8 Å². The first kappa shape index (κ1) is 23.6. The lowest BCUT2D eigenvalue weighted by atomic mass is 9.98. The Morgan fingerprint density at radius 3 is 2.56 bits per heavy atom. The van der Waals surface area contributed by atoms with Crippen LogP contribution in [0, 0.1) is 0 Å². The van der Waals surface area contributed by atoms with Crippen molar-refractivity contribution in [2.75, 3.05) is 18.4 Å². The largest absolute Gasteiger partial charge is 0.480 e. The number of amides is 2. The Kier molecular flexibility index (Phi) is 8.13. The number of carbonyl (C=O) groups excluding carboxylic acids is 2. The van der Waals surface area contributed by atoms with Gasteiger partial charge in [0.25, 0.3) is 5.91 Å². The van der Waals surface area contributed by atoms with Gasteiger partial charge in [-0.2, -0.15) is 12.6 Å². The summed E-state index contributed by atoms with van der Waals surface area (Å²) in [6.07, 6.45) is 0.785. The highest BCUT2D eigenvalue weighted by molar-refractivity contribution is 7.81. The number of thiol groups is 1. The van der Waals surface area contributed by atoms with E-state index in [-0.39, 0.29) is 24.1 Å². The number of carboxylic acids is 1. The topological polar surface area (TPSA) is 134 Å². The number of rotatable bonds is 10. The average molecular weight is 457 g/mol. The SMILES string of the molecule is NC(=O)CC[C@H](NC(=O)c1cc(NC[C@H]2NCC[C@H]2S)ccc1-c1ccccc1)C(=O)O. The van der Waals surface area contributed by atoms with E-state index >= 15 is 0 Å². The number of aliphatic carboxylic acids is 1. The van der Waals surface area contributed by atoms with Crippen molar-refractivity contribution in [2.45, 2.75) is 36.6 Å².